The third kappa shape index (κ3) is 2.60. The van der Waals surface area contributed by atoms with E-state index in [0.29, 0.717) is 5.82 Å². The van der Waals surface area contributed by atoms with E-state index in [-0.39, 0.29) is 0 Å². The number of hydrogen-bond acceptors (Lipinski definition) is 4. The maximum atomic E-state index is 8.71. The summed E-state index contributed by atoms with van der Waals surface area (Å²) >= 11 is 3.38. The van der Waals surface area contributed by atoms with Crippen LogP contribution in [0.1, 0.15) is 0 Å². The van der Waals surface area contributed by atoms with Crippen molar-refractivity contribution in [1.82, 2.24) is 10.2 Å². The van der Waals surface area contributed by atoms with Crippen LogP contribution in [0.25, 0.3) is 11.3 Å². The van der Waals surface area contributed by atoms with Crippen molar-refractivity contribution in [1.29, 1.82) is 5.26 Å². The molecule has 0 unspecified atom stereocenters. The van der Waals surface area contributed by atoms with Gasteiger partial charge in [-0.15, -0.1) is 10.2 Å². The van der Waals surface area contributed by atoms with E-state index in [1.807, 2.05) is 36.5 Å². The molecule has 1 heterocycles. The van der Waals surface area contributed by atoms with Crippen molar-refractivity contribution in [3.63, 3.8) is 0 Å². The van der Waals surface area contributed by atoms with Gasteiger partial charge < -0.3 is 0 Å². The van der Waals surface area contributed by atoms with Gasteiger partial charge in [-0.3, -0.25) is 4.90 Å². The lowest BCUT2D eigenvalue weighted by atomic mass is 10.1. The van der Waals surface area contributed by atoms with E-state index < -0.39 is 0 Å². The summed E-state index contributed by atoms with van der Waals surface area (Å²) in [7, 11) is 1.64. The summed E-state index contributed by atoms with van der Waals surface area (Å²) in [6.07, 6.45) is 1.97. The van der Waals surface area contributed by atoms with Gasteiger partial charge in [-0.2, -0.15) is 5.26 Å². The Morgan fingerprint density at radius 1 is 1.12 bits per heavy atom. The average molecular weight is 289 g/mol. The zero-order valence-corrected chi connectivity index (χ0v) is 10.7. The van der Waals surface area contributed by atoms with Crippen LogP contribution in [0.5, 0.6) is 0 Å². The SMILES string of the molecule is CN(C#N)c1ccc(-c2ccc(Br)cc2)nn1. The van der Waals surface area contributed by atoms with E-state index in [1.165, 1.54) is 4.90 Å². The van der Waals surface area contributed by atoms with Crippen molar-refractivity contribution < 1.29 is 0 Å². The highest BCUT2D eigenvalue weighted by Crippen LogP contribution is 2.20. The summed E-state index contributed by atoms with van der Waals surface area (Å²) in [5.74, 6) is 0.536. The normalized spacial score (nSPS) is 9.71. The van der Waals surface area contributed by atoms with Gasteiger partial charge in [0.2, 0.25) is 0 Å². The van der Waals surface area contributed by atoms with Gasteiger partial charge in [-0.05, 0) is 24.3 Å². The number of nitriles is 1. The highest BCUT2D eigenvalue weighted by atomic mass is 79.9. The predicted octanol–water partition coefficient (Wildman–Crippen LogP) is 2.82. The van der Waals surface area contributed by atoms with Crippen LogP contribution < -0.4 is 4.90 Å². The highest BCUT2D eigenvalue weighted by molar-refractivity contribution is 9.10. The molecule has 2 aromatic rings. The molecule has 0 amide bonds. The van der Waals surface area contributed by atoms with E-state index in [2.05, 4.69) is 26.1 Å². The van der Waals surface area contributed by atoms with Gasteiger partial charge in [0, 0.05) is 17.1 Å². The van der Waals surface area contributed by atoms with Gasteiger partial charge >= 0.3 is 0 Å². The van der Waals surface area contributed by atoms with Crippen LogP contribution in [0.15, 0.2) is 40.9 Å². The Kier molecular flexibility index (Phi) is 3.35. The van der Waals surface area contributed by atoms with Gasteiger partial charge in [0.1, 0.15) is 0 Å². The van der Waals surface area contributed by atoms with Crippen LogP contribution in [0.2, 0.25) is 0 Å². The van der Waals surface area contributed by atoms with Crippen molar-refractivity contribution in [3.8, 4) is 17.5 Å². The largest absolute Gasteiger partial charge is 0.265 e. The Hall–Kier alpha value is -1.93. The number of rotatable bonds is 2. The molecule has 0 aliphatic rings. The molecular weight excluding hydrogens is 280 g/mol. The van der Waals surface area contributed by atoms with Crippen LogP contribution in [0.3, 0.4) is 0 Å². The fourth-order valence-corrected chi connectivity index (χ4v) is 1.59. The highest BCUT2D eigenvalue weighted by Gasteiger charge is 2.03. The van der Waals surface area contributed by atoms with Crippen LogP contribution in [0, 0.1) is 11.5 Å². The van der Waals surface area contributed by atoms with E-state index in [4.69, 9.17) is 5.26 Å². The second kappa shape index (κ2) is 4.93. The van der Waals surface area contributed by atoms with Crippen LogP contribution in [-0.4, -0.2) is 17.2 Å². The van der Waals surface area contributed by atoms with Crippen molar-refractivity contribution >= 4 is 21.7 Å². The smallest absolute Gasteiger partial charge is 0.185 e. The third-order valence-corrected chi connectivity index (χ3v) is 2.81. The summed E-state index contributed by atoms with van der Waals surface area (Å²) in [6, 6.07) is 11.4. The summed E-state index contributed by atoms with van der Waals surface area (Å²) < 4.78 is 1.02. The first-order valence-electron chi connectivity index (χ1n) is 4.94. The zero-order valence-electron chi connectivity index (χ0n) is 9.13. The lowest BCUT2D eigenvalue weighted by Gasteiger charge is -2.07. The van der Waals surface area contributed by atoms with E-state index in [0.717, 1.165) is 15.7 Å². The molecule has 0 saturated carbocycles. The monoisotopic (exact) mass is 288 g/mol. The fraction of sp³-hybridized carbons (Fsp3) is 0.0833. The molecule has 0 N–H and O–H groups in total. The zero-order chi connectivity index (χ0) is 12.3. The summed E-state index contributed by atoms with van der Waals surface area (Å²) in [6.45, 7) is 0. The van der Waals surface area contributed by atoms with E-state index in [1.54, 1.807) is 13.1 Å². The van der Waals surface area contributed by atoms with Crippen LogP contribution in [-0.2, 0) is 0 Å². The Morgan fingerprint density at radius 3 is 2.35 bits per heavy atom. The van der Waals surface area contributed by atoms with Crippen LogP contribution >= 0.6 is 15.9 Å². The maximum Gasteiger partial charge on any atom is 0.185 e. The minimum absolute atomic E-state index is 0.536. The molecule has 17 heavy (non-hydrogen) atoms. The first-order valence-corrected chi connectivity index (χ1v) is 5.73. The summed E-state index contributed by atoms with van der Waals surface area (Å²) in [4.78, 5) is 1.36. The fourth-order valence-electron chi connectivity index (χ4n) is 1.33. The molecule has 0 fully saturated rings. The first-order chi connectivity index (χ1) is 8.20. The minimum Gasteiger partial charge on any atom is -0.265 e. The maximum absolute atomic E-state index is 8.71. The average Bonchev–Trinajstić information content (AvgIpc) is 2.39. The first kappa shape index (κ1) is 11.6. The standard InChI is InChI=1S/C12H9BrN4/c1-17(8-14)12-7-6-11(15-16-12)9-2-4-10(13)5-3-9/h2-7H,1H3. The molecule has 5 heteroatoms. The summed E-state index contributed by atoms with van der Waals surface area (Å²) in [5, 5.41) is 16.8. The molecule has 84 valence electrons. The Balaban J connectivity index is 2.30. The van der Waals surface area contributed by atoms with Crippen LogP contribution in [0.4, 0.5) is 5.82 Å². The lowest BCUT2D eigenvalue weighted by Crippen LogP contribution is -2.10. The number of hydrogen-bond donors (Lipinski definition) is 0. The molecule has 0 aliphatic heterocycles. The van der Waals surface area contributed by atoms with Crippen molar-refractivity contribution in [2.24, 2.45) is 0 Å². The summed E-state index contributed by atoms with van der Waals surface area (Å²) in [5.41, 5.74) is 1.78. The molecule has 0 bridgehead atoms. The second-order valence-electron chi connectivity index (χ2n) is 3.44. The molecule has 0 aliphatic carbocycles. The number of anilines is 1. The molecule has 1 aromatic carbocycles. The number of benzene rings is 1. The molecule has 2 rings (SSSR count). The molecule has 0 atom stereocenters. The molecular formula is C12H9BrN4. The van der Waals surface area contributed by atoms with Gasteiger partial charge in [0.05, 0.1) is 5.69 Å². The molecule has 1 aromatic heterocycles. The van der Waals surface area contributed by atoms with E-state index in [9.17, 15) is 0 Å². The number of halogens is 1. The Morgan fingerprint density at radius 2 is 1.82 bits per heavy atom. The Labute approximate surface area is 108 Å². The van der Waals surface area contributed by atoms with Crippen molar-refractivity contribution in [2.45, 2.75) is 0 Å². The number of nitrogens with zero attached hydrogens (tertiary/aromatic N) is 4. The predicted molar refractivity (Wildman–Crippen MR) is 69.2 cm³/mol. The third-order valence-electron chi connectivity index (χ3n) is 2.28. The minimum atomic E-state index is 0.536. The second-order valence-corrected chi connectivity index (χ2v) is 4.36. The lowest BCUT2D eigenvalue weighted by molar-refractivity contribution is 0.994. The van der Waals surface area contributed by atoms with Crippen molar-refractivity contribution in [2.75, 3.05) is 11.9 Å². The molecule has 0 saturated heterocycles. The van der Waals surface area contributed by atoms with Gasteiger partial charge in [-0.1, -0.05) is 28.1 Å². The van der Waals surface area contributed by atoms with Crippen molar-refractivity contribution in [3.05, 3.63) is 40.9 Å². The van der Waals surface area contributed by atoms with Gasteiger partial charge in [0.25, 0.3) is 0 Å². The topological polar surface area (TPSA) is 52.8 Å². The molecule has 4 nitrogen and oxygen atoms in total. The van der Waals surface area contributed by atoms with Gasteiger partial charge in [0.15, 0.2) is 12.0 Å². The van der Waals surface area contributed by atoms with Gasteiger partial charge in [-0.25, -0.2) is 0 Å². The quantitative estimate of drug-likeness (QED) is 0.630. The molecule has 0 spiro atoms. The Bertz CT molecular complexity index is 542. The molecule has 0 radical (unpaired) electrons. The number of aromatic nitrogens is 2. The van der Waals surface area contributed by atoms with E-state index >= 15 is 0 Å².